The Morgan fingerprint density at radius 2 is 1.81 bits per heavy atom. The molecule has 0 saturated heterocycles. The molecule has 3 N–H and O–H groups in total. The molecule has 0 radical (unpaired) electrons. The first-order chi connectivity index (χ1) is 10.1. The average Bonchev–Trinajstić information content (AvgIpc) is 2.44. The number of hydrogen-bond donors (Lipinski definition) is 2. The van der Waals surface area contributed by atoms with E-state index in [2.05, 4.69) is 15.3 Å². The Bertz CT molecular complexity index is 536. The number of nitrogens with two attached hydrogens (primary N) is 1. The summed E-state index contributed by atoms with van der Waals surface area (Å²) in [6, 6.07) is 0. The SMILES string of the molecule is NC(=O)c1cncc(NCC23CC4CC(CC(C4)C2)C3)n1. The monoisotopic (exact) mass is 286 g/mol. The van der Waals surface area contributed by atoms with E-state index in [4.69, 9.17) is 5.73 Å². The minimum absolute atomic E-state index is 0.227. The van der Waals surface area contributed by atoms with Crippen molar-refractivity contribution in [1.29, 1.82) is 0 Å². The van der Waals surface area contributed by atoms with Crippen LogP contribution in [0.4, 0.5) is 5.82 Å². The molecule has 1 aromatic rings. The number of rotatable bonds is 4. The van der Waals surface area contributed by atoms with Crippen molar-refractivity contribution in [3.05, 3.63) is 18.1 Å². The van der Waals surface area contributed by atoms with Gasteiger partial charge in [0, 0.05) is 6.54 Å². The summed E-state index contributed by atoms with van der Waals surface area (Å²) in [5, 5.41) is 3.42. The van der Waals surface area contributed by atoms with Gasteiger partial charge in [-0.1, -0.05) is 0 Å². The Morgan fingerprint density at radius 1 is 1.19 bits per heavy atom. The molecular formula is C16H22N4O. The number of amides is 1. The highest BCUT2D eigenvalue weighted by Gasteiger charge is 2.50. The van der Waals surface area contributed by atoms with Crippen LogP contribution in [-0.4, -0.2) is 22.4 Å². The van der Waals surface area contributed by atoms with Crippen LogP contribution in [-0.2, 0) is 0 Å². The summed E-state index contributed by atoms with van der Waals surface area (Å²) in [5.74, 6) is 2.98. The maximum atomic E-state index is 11.2. The van der Waals surface area contributed by atoms with Crippen molar-refractivity contribution >= 4 is 11.7 Å². The lowest BCUT2D eigenvalue weighted by Crippen LogP contribution is -2.49. The third-order valence-corrected chi connectivity index (χ3v) is 5.70. The van der Waals surface area contributed by atoms with Gasteiger partial charge in [0.2, 0.25) is 0 Å². The number of nitrogens with one attached hydrogen (secondary N) is 1. The number of carbonyl (C=O) groups is 1. The van der Waals surface area contributed by atoms with Gasteiger partial charge in [0.25, 0.3) is 5.91 Å². The number of hydrogen-bond acceptors (Lipinski definition) is 4. The number of carbonyl (C=O) groups excluding carboxylic acids is 1. The highest BCUT2D eigenvalue weighted by atomic mass is 16.1. The lowest BCUT2D eigenvalue weighted by molar-refractivity contribution is -0.0444. The molecule has 21 heavy (non-hydrogen) atoms. The van der Waals surface area contributed by atoms with Gasteiger partial charge in [-0.25, -0.2) is 4.98 Å². The fourth-order valence-electron chi connectivity index (χ4n) is 5.35. The summed E-state index contributed by atoms with van der Waals surface area (Å²) in [4.78, 5) is 19.5. The van der Waals surface area contributed by atoms with Gasteiger partial charge in [-0.15, -0.1) is 0 Å². The van der Waals surface area contributed by atoms with Crippen LogP contribution in [0.15, 0.2) is 12.4 Å². The molecule has 5 heteroatoms. The van der Waals surface area contributed by atoms with Crippen molar-refractivity contribution in [3.8, 4) is 0 Å². The van der Waals surface area contributed by atoms with E-state index < -0.39 is 5.91 Å². The summed E-state index contributed by atoms with van der Waals surface area (Å²) in [7, 11) is 0. The van der Waals surface area contributed by atoms with Crippen molar-refractivity contribution in [3.63, 3.8) is 0 Å². The first-order valence-corrected chi connectivity index (χ1v) is 7.98. The zero-order valence-corrected chi connectivity index (χ0v) is 12.2. The average molecular weight is 286 g/mol. The van der Waals surface area contributed by atoms with Crippen LogP contribution < -0.4 is 11.1 Å². The van der Waals surface area contributed by atoms with Crippen molar-refractivity contribution in [2.75, 3.05) is 11.9 Å². The highest BCUT2D eigenvalue weighted by molar-refractivity contribution is 5.90. The van der Waals surface area contributed by atoms with E-state index >= 15 is 0 Å². The maximum absolute atomic E-state index is 11.2. The Balaban J connectivity index is 1.47. The Hall–Kier alpha value is -1.65. The van der Waals surface area contributed by atoms with Gasteiger partial charge in [0.15, 0.2) is 0 Å². The lowest BCUT2D eigenvalue weighted by Gasteiger charge is -2.57. The number of aromatic nitrogens is 2. The van der Waals surface area contributed by atoms with Gasteiger partial charge < -0.3 is 11.1 Å². The van der Waals surface area contributed by atoms with Gasteiger partial charge in [0.05, 0.1) is 12.4 Å². The topological polar surface area (TPSA) is 80.9 Å². The van der Waals surface area contributed by atoms with Gasteiger partial charge in [-0.2, -0.15) is 0 Å². The minimum Gasteiger partial charge on any atom is -0.368 e. The second-order valence-electron chi connectivity index (χ2n) is 7.42. The predicted octanol–water partition coefficient (Wildman–Crippen LogP) is 2.20. The first-order valence-electron chi connectivity index (χ1n) is 7.98. The molecule has 0 aliphatic heterocycles. The summed E-state index contributed by atoms with van der Waals surface area (Å²) in [6.07, 6.45) is 11.5. The summed E-state index contributed by atoms with van der Waals surface area (Å²) in [5.41, 5.74) is 5.93. The van der Waals surface area contributed by atoms with Gasteiger partial charge in [0.1, 0.15) is 11.5 Å². The van der Waals surface area contributed by atoms with Gasteiger partial charge in [-0.05, 0) is 61.7 Å². The zero-order valence-electron chi connectivity index (χ0n) is 12.2. The fourth-order valence-corrected chi connectivity index (χ4v) is 5.35. The van der Waals surface area contributed by atoms with Crippen LogP contribution in [0, 0.1) is 23.2 Å². The Kier molecular flexibility index (Phi) is 2.91. The van der Waals surface area contributed by atoms with E-state index in [1.54, 1.807) is 6.20 Å². The van der Waals surface area contributed by atoms with Crippen LogP contribution >= 0.6 is 0 Å². The molecule has 1 aromatic heterocycles. The Labute approximate surface area is 124 Å². The molecule has 0 unspecified atom stereocenters. The van der Waals surface area contributed by atoms with Crippen molar-refractivity contribution in [2.24, 2.45) is 28.9 Å². The maximum Gasteiger partial charge on any atom is 0.268 e. The largest absolute Gasteiger partial charge is 0.368 e. The van der Waals surface area contributed by atoms with Crippen LogP contribution in [0.2, 0.25) is 0 Å². The lowest BCUT2D eigenvalue weighted by atomic mass is 9.49. The molecule has 1 heterocycles. The van der Waals surface area contributed by atoms with Crippen LogP contribution in [0.5, 0.6) is 0 Å². The predicted molar refractivity (Wildman–Crippen MR) is 79.6 cm³/mol. The molecular weight excluding hydrogens is 264 g/mol. The quantitative estimate of drug-likeness (QED) is 0.889. The molecule has 4 fully saturated rings. The molecule has 0 aromatic carbocycles. The second-order valence-corrected chi connectivity index (χ2v) is 7.42. The van der Waals surface area contributed by atoms with Crippen LogP contribution in [0.3, 0.4) is 0 Å². The van der Waals surface area contributed by atoms with E-state index in [0.29, 0.717) is 11.2 Å². The van der Waals surface area contributed by atoms with Gasteiger partial charge >= 0.3 is 0 Å². The molecule has 1 amide bonds. The molecule has 4 bridgehead atoms. The molecule has 0 atom stereocenters. The zero-order chi connectivity index (χ0) is 14.4. The number of anilines is 1. The molecule has 4 aliphatic carbocycles. The van der Waals surface area contributed by atoms with Crippen molar-refractivity contribution in [1.82, 2.24) is 9.97 Å². The smallest absolute Gasteiger partial charge is 0.268 e. The fraction of sp³-hybridized carbons (Fsp3) is 0.688. The number of nitrogens with zero attached hydrogens (tertiary/aromatic N) is 2. The highest BCUT2D eigenvalue weighted by Crippen LogP contribution is 2.59. The second kappa shape index (κ2) is 4.68. The van der Waals surface area contributed by atoms with Gasteiger partial charge in [-0.3, -0.25) is 9.78 Å². The molecule has 5 rings (SSSR count). The standard InChI is InChI=1S/C16H22N4O/c17-15(21)13-7-18-8-14(20-13)19-9-16-4-10-1-11(5-16)3-12(2-10)6-16/h7-8,10-12H,1-6,9H2,(H2,17,21)(H,19,20). The molecule has 5 nitrogen and oxygen atoms in total. The summed E-state index contributed by atoms with van der Waals surface area (Å²) >= 11 is 0. The van der Waals surface area contributed by atoms with E-state index in [9.17, 15) is 4.79 Å². The van der Waals surface area contributed by atoms with E-state index in [0.717, 1.165) is 24.3 Å². The Morgan fingerprint density at radius 3 is 2.38 bits per heavy atom. The molecule has 0 spiro atoms. The molecule has 4 aliphatic rings. The van der Waals surface area contributed by atoms with Crippen molar-refractivity contribution in [2.45, 2.75) is 38.5 Å². The van der Waals surface area contributed by atoms with E-state index in [1.165, 1.54) is 44.7 Å². The van der Waals surface area contributed by atoms with Crippen LogP contribution in [0.1, 0.15) is 49.0 Å². The third kappa shape index (κ3) is 2.39. The third-order valence-electron chi connectivity index (χ3n) is 5.70. The molecule has 4 saturated carbocycles. The summed E-state index contributed by atoms with van der Waals surface area (Å²) < 4.78 is 0. The van der Waals surface area contributed by atoms with Crippen molar-refractivity contribution < 1.29 is 4.79 Å². The minimum atomic E-state index is -0.527. The van der Waals surface area contributed by atoms with E-state index in [1.807, 2.05) is 0 Å². The van der Waals surface area contributed by atoms with E-state index in [-0.39, 0.29) is 5.69 Å². The molecule has 112 valence electrons. The normalized spacial score (nSPS) is 36.7. The number of primary amides is 1. The first kappa shape index (κ1) is 13.0. The van der Waals surface area contributed by atoms with Crippen LogP contribution in [0.25, 0.3) is 0 Å². The summed E-state index contributed by atoms with van der Waals surface area (Å²) in [6.45, 7) is 0.952.